The van der Waals surface area contributed by atoms with E-state index in [-0.39, 0.29) is 28.5 Å². The van der Waals surface area contributed by atoms with Gasteiger partial charge in [0.05, 0.1) is 36.9 Å². The number of carbonyl (C=O) groups is 1. The van der Waals surface area contributed by atoms with E-state index in [1.165, 1.54) is 0 Å². The lowest BCUT2D eigenvalue weighted by Crippen LogP contribution is -2.63. The summed E-state index contributed by atoms with van der Waals surface area (Å²) in [5.74, 6) is -5.33. The zero-order valence-electron chi connectivity index (χ0n) is 16.2. The van der Waals surface area contributed by atoms with Gasteiger partial charge in [-0.2, -0.15) is 34.8 Å². The number of rotatable bonds is 8. The van der Waals surface area contributed by atoms with Crippen molar-refractivity contribution in [1.29, 1.82) is 0 Å². The average Bonchev–Trinajstić information content (AvgIpc) is 2.63. The van der Waals surface area contributed by atoms with Crippen molar-refractivity contribution in [2.45, 2.75) is 43.2 Å². The van der Waals surface area contributed by atoms with Crippen molar-refractivity contribution in [1.82, 2.24) is 0 Å². The first kappa shape index (κ1) is 28.5. The van der Waals surface area contributed by atoms with Crippen LogP contribution >= 0.6 is 0 Å². The molecular weight excluding hydrogens is 460 g/mol. The van der Waals surface area contributed by atoms with Crippen molar-refractivity contribution < 1.29 is 48.8 Å². The molecule has 1 aromatic rings. The van der Waals surface area contributed by atoms with Crippen LogP contribution in [-0.4, -0.2) is 81.9 Å². The first-order valence-electron chi connectivity index (χ1n) is 8.49. The summed E-state index contributed by atoms with van der Waals surface area (Å²) >= 11 is 0. The maximum absolute atomic E-state index is 13.5. The first-order chi connectivity index (χ1) is 14.4. The van der Waals surface area contributed by atoms with Gasteiger partial charge < -0.3 is 4.74 Å². The highest BCUT2D eigenvalue weighted by atomic mass is 32.2. The Bertz CT molecular complexity index is 967. The van der Waals surface area contributed by atoms with Gasteiger partial charge in [0, 0.05) is 0 Å². The van der Waals surface area contributed by atoms with E-state index in [0.717, 1.165) is 0 Å². The monoisotopic (exact) mass is 472 g/mol. The quantitative estimate of drug-likeness (QED) is 0.251. The number of esters is 1. The van der Waals surface area contributed by atoms with Crippen LogP contribution in [0.4, 0.5) is 26.3 Å². The van der Waals surface area contributed by atoms with Gasteiger partial charge in [0.1, 0.15) is 13.6 Å². The van der Waals surface area contributed by atoms with E-state index < -0.39 is 69.9 Å². The Morgan fingerprint density at radius 2 is 1.22 bits per heavy atom. The second kappa shape index (κ2) is 9.78. The predicted octanol–water partition coefficient (Wildman–Crippen LogP) is 0.0624. The Kier molecular flexibility index (Phi) is 8.72. The fourth-order valence-electron chi connectivity index (χ4n) is 3.09. The lowest BCUT2D eigenvalue weighted by Gasteiger charge is -2.36. The lowest BCUT2D eigenvalue weighted by atomic mass is 9.68. The smallest absolute Gasteiger partial charge is 0.435 e. The van der Waals surface area contributed by atoms with Crippen molar-refractivity contribution in [3.63, 3.8) is 0 Å². The summed E-state index contributed by atoms with van der Waals surface area (Å²) in [6.45, 7) is 0. The highest BCUT2D eigenvalue weighted by Gasteiger charge is 2.76. The van der Waals surface area contributed by atoms with Crippen molar-refractivity contribution in [3.8, 4) is 0 Å². The number of hydrogen-bond donors (Lipinski definition) is 1. The molecule has 5 nitrogen and oxygen atoms in total. The number of benzene rings is 1. The maximum atomic E-state index is 13.5. The van der Waals surface area contributed by atoms with Crippen LogP contribution < -0.4 is 5.46 Å². The van der Waals surface area contributed by atoms with Gasteiger partial charge in [0.15, 0.2) is 0 Å². The fraction of sp³-hybridized carbons (Fsp3) is 0.533. The molecule has 1 rings (SSSR count). The van der Waals surface area contributed by atoms with E-state index in [1.807, 2.05) is 0 Å². The summed E-state index contributed by atoms with van der Waals surface area (Å²) < 4.78 is 116. The molecule has 17 heteroatoms. The molecule has 0 amide bonds. The standard InChI is InChI=1S/C15H11B5F6O5S/c16-1-6-7(2-17)10(9(4-19)11(20)8(6)3-18)12(27)31-13(14(21,22)23,15(24,25)26)5-32(28,29)30/h1-5H2,(H,28,29,30). The van der Waals surface area contributed by atoms with Gasteiger partial charge in [-0.3, -0.25) is 4.55 Å². The molecule has 0 fully saturated rings. The van der Waals surface area contributed by atoms with Crippen LogP contribution in [0.25, 0.3) is 0 Å². The molecule has 0 bridgehead atoms. The van der Waals surface area contributed by atoms with Crippen LogP contribution in [0, 0.1) is 0 Å². The zero-order valence-corrected chi connectivity index (χ0v) is 17.0. The first-order valence-corrected chi connectivity index (χ1v) is 10.1. The summed E-state index contributed by atoms with van der Waals surface area (Å²) in [5.41, 5.74) is -7.59. The topological polar surface area (TPSA) is 80.7 Å². The highest BCUT2D eigenvalue weighted by Crippen LogP contribution is 2.47. The Hall–Kier alpha value is -1.50. The molecule has 1 N–H and O–H groups in total. The molecule has 0 aliphatic heterocycles. The minimum absolute atomic E-state index is 0.0314. The Balaban J connectivity index is 3.95. The van der Waals surface area contributed by atoms with Gasteiger partial charge >= 0.3 is 23.9 Å². The predicted molar refractivity (Wildman–Crippen MR) is 106 cm³/mol. The molecule has 10 radical (unpaired) electrons. The van der Waals surface area contributed by atoms with E-state index >= 15 is 0 Å². The lowest BCUT2D eigenvalue weighted by molar-refractivity contribution is -0.356. The molecule has 0 saturated carbocycles. The zero-order chi connectivity index (χ0) is 25.3. The van der Waals surface area contributed by atoms with Gasteiger partial charge in [0.2, 0.25) is 0 Å². The highest BCUT2D eigenvalue weighted by molar-refractivity contribution is 7.85. The normalized spacial score (nSPS) is 13.2. The van der Waals surface area contributed by atoms with Gasteiger partial charge in [-0.1, -0.05) is 41.9 Å². The average molecular weight is 471 g/mol. The molecule has 0 heterocycles. The molecule has 0 aliphatic rings. The molecule has 0 aromatic heterocycles. The van der Waals surface area contributed by atoms with E-state index in [4.69, 9.17) is 43.8 Å². The SMILES string of the molecule is [B]Cc1c([B])c(C[B])c(C(=O)OC(CS(=O)(=O)O)(C(F)(F)F)C(F)(F)F)c(C[B])c1C[B]. The van der Waals surface area contributed by atoms with Crippen LogP contribution in [0.1, 0.15) is 32.6 Å². The second-order valence-corrected chi connectivity index (χ2v) is 7.91. The largest absolute Gasteiger partial charge is 0.438 e. The van der Waals surface area contributed by atoms with Crippen LogP contribution in [0.15, 0.2) is 0 Å². The molecule has 0 atom stereocenters. The van der Waals surface area contributed by atoms with Crippen molar-refractivity contribution in [3.05, 3.63) is 27.8 Å². The number of carbonyl (C=O) groups excluding carboxylic acids is 1. The van der Waals surface area contributed by atoms with Crippen molar-refractivity contribution in [2.24, 2.45) is 0 Å². The number of alkyl halides is 6. The molecule has 32 heavy (non-hydrogen) atoms. The molecule has 1 aromatic carbocycles. The third kappa shape index (κ3) is 5.35. The summed E-state index contributed by atoms with van der Waals surface area (Å²) in [6.07, 6.45) is -15.0. The Morgan fingerprint density at radius 3 is 1.53 bits per heavy atom. The fourth-order valence-corrected chi connectivity index (χ4v) is 3.99. The van der Waals surface area contributed by atoms with Gasteiger partial charge in [-0.05, 0) is 11.1 Å². The van der Waals surface area contributed by atoms with E-state index in [2.05, 4.69) is 4.74 Å². The van der Waals surface area contributed by atoms with Crippen LogP contribution in [0.2, 0.25) is 0 Å². The molecule has 0 aliphatic carbocycles. The maximum Gasteiger partial charge on any atom is 0.438 e. The Labute approximate surface area is 186 Å². The van der Waals surface area contributed by atoms with Crippen LogP contribution in [0.5, 0.6) is 0 Å². The van der Waals surface area contributed by atoms with E-state index in [0.29, 0.717) is 0 Å². The molecule has 0 saturated heterocycles. The molecule has 0 spiro atoms. The summed E-state index contributed by atoms with van der Waals surface area (Å²) in [7, 11) is 22.0. The van der Waals surface area contributed by atoms with Crippen molar-refractivity contribution in [2.75, 3.05) is 5.75 Å². The van der Waals surface area contributed by atoms with Gasteiger partial charge in [-0.25, -0.2) is 4.79 Å². The third-order valence-electron chi connectivity index (χ3n) is 4.57. The molecule has 164 valence electrons. The summed E-state index contributed by atoms with van der Waals surface area (Å²) in [4.78, 5) is 12.7. The van der Waals surface area contributed by atoms with Gasteiger partial charge in [0.25, 0.3) is 10.1 Å². The van der Waals surface area contributed by atoms with E-state index in [1.54, 1.807) is 0 Å². The molecule has 0 unspecified atom stereocenters. The second-order valence-electron chi connectivity index (χ2n) is 6.46. The minimum Gasteiger partial charge on any atom is -0.435 e. The number of ether oxygens (including phenoxy) is 1. The van der Waals surface area contributed by atoms with Crippen molar-refractivity contribution >= 4 is 60.8 Å². The minimum atomic E-state index is -6.51. The number of halogens is 6. The third-order valence-corrected chi connectivity index (χ3v) is 5.34. The Morgan fingerprint density at radius 1 is 0.812 bits per heavy atom. The van der Waals surface area contributed by atoms with E-state index in [9.17, 15) is 39.6 Å². The van der Waals surface area contributed by atoms with Gasteiger partial charge in [-0.15, -0.1) is 0 Å². The molecular formula is C15H11B5F6O5S. The summed E-state index contributed by atoms with van der Waals surface area (Å²) in [5, 5.41) is 0. The number of hydrogen-bond acceptors (Lipinski definition) is 4. The summed E-state index contributed by atoms with van der Waals surface area (Å²) in [6, 6.07) is 0. The van der Waals surface area contributed by atoms with Crippen LogP contribution in [-0.2, 0) is 40.1 Å². The van der Waals surface area contributed by atoms with Crippen LogP contribution in [0.3, 0.4) is 0 Å².